The fraction of sp³-hybridized carbons (Fsp3) is 0.875. The summed E-state index contributed by atoms with van der Waals surface area (Å²) in [4.78, 5) is 22.0. The summed E-state index contributed by atoms with van der Waals surface area (Å²) in [6.07, 6.45) is 15.2. The smallest absolute Gasteiger partial charge is 0.461 e. The molecule has 0 amide bonds. The van der Waals surface area contributed by atoms with Crippen molar-refractivity contribution in [3.8, 4) is 0 Å². The van der Waals surface area contributed by atoms with Crippen molar-refractivity contribution in [2.75, 3.05) is 40.9 Å². The number of hydrogen-bond acceptors (Lipinski definition) is 5. The monoisotopic (exact) mass is 478 g/mol. The standard InChI is InChI=1S/C24H48NO6P/c1-6-8-9-10-11-12-13-14-15-16-17-18-20-30-32(27,28)31-23(22-25(3,4)5)21-24(26)29-19-7-2/h7,23H,2,6,8-22H2,1,3-5H3/p+1. The molecule has 32 heavy (non-hydrogen) atoms. The Morgan fingerprint density at radius 1 is 0.969 bits per heavy atom. The Morgan fingerprint density at radius 2 is 1.47 bits per heavy atom. The number of likely N-dealkylation sites (N-methyl/N-ethyl adjacent to an activating group) is 1. The van der Waals surface area contributed by atoms with Crippen molar-refractivity contribution in [3.63, 3.8) is 0 Å². The maximum atomic E-state index is 12.3. The Bertz CT molecular complexity index is 535. The molecule has 1 N–H and O–H groups in total. The third-order valence-electron chi connectivity index (χ3n) is 5.04. The fourth-order valence-corrected chi connectivity index (χ4v) is 4.42. The molecule has 0 saturated carbocycles. The van der Waals surface area contributed by atoms with Crippen molar-refractivity contribution >= 4 is 13.8 Å². The van der Waals surface area contributed by atoms with E-state index >= 15 is 0 Å². The van der Waals surface area contributed by atoms with Crippen molar-refractivity contribution in [2.45, 2.75) is 96.5 Å². The zero-order chi connectivity index (χ0) is 24.3. The largest absolute Gasteiger partial charge is 0.472 e. The molecule has 0 aromatic rings. The van der Waals surface area contributed by atoms with Crippen LogP contribution in [-0.4, -0.2) is 62.4 Å². The lowest BCUT2D eigenvalue weighted by atomic mass is 10.1. The molecule has 0 bridgehead atoms. The lowest BCUT2D eigenvalue weighted by Crippen LogP contribution is -2.43. The molecule has 8 heteroatoms. The van der Waals surface area contributed by atoms with Crippen molar-refractivity contribution in [2.24, 2.45) is 0 Å². The first-order chi connectivity index (χ1) is 15.1. The van der Waals surface area contributed by atoms with Crippen LogP contribution >= 0.6 is 7.82 Å². The van der Waals surface area contributed by atoms with E-state index in [0.717, 1.165) is 12.8 Å². The van der Waals surface area contributed by atoms with Gasteiger partial charge >= 0.3 is 13.8 Å². The minimum atomic E-state index is -4.24. The first-order valence-electron chi connectivity index (χ1n) is 12.3. The van der Waals surface area contributed by atoms with Gasteiger partial charge in [-0.25, -0.2) is 4.57 Å². The summed E-state index contributed by atoms with van der Waals surface area (Å²) in [6, 6.07) is 0. The van der Waals surface area contributed by atoms with Crippen LogP contribution in [0.1, 0.15) is 90.4 Å². The molecule has 0 aliphatic heterocycles. The summed E-state index contributed by atoms with van der Waals surface area (Å²) in [6.45, 7) is 6.38. The molecule has 0 aliphatic carbocycles. The first kappa shape index (κ1) is 31.3. The topological polar surface area (TPSA) is 82.1 Å². The van der Waals surface area contributed by atoms with Crippen LogP contribution in [0.3, 0.4) is 0 Å². The van der Waals surface area contributed by atoms with E-state index in [9.17, 15) is 14.3 Å². The highest BCUT2D eigenvalue weighted by atomic mass is 31.2. The second-order valence-corrected chi connectivity index (χ2v) is 11.0. The summed E-state index contributed by atoms with van der Waals surface area (Å²) >= 11 is 0. The molecule has 190 valence electrons. The Balaban J connectivity index is 4.04. The summed E-state index contributed by atoms with van der Waals surface area (Å²) in [5, 5.41) is 0. The van der Waals surface area contributed by atoms with Gasteiger partial charge in [-0.1, -0.05) is 90.2 Å². The molecule has 0 aromatic heterocycles. The Morgan fingerprint density at radius 3 is 1.94 bits per heavy atom. The van der Waals surface area contributed by atoms with E-state index in [1.54, 1.807) is 0 Å². The van der Waals surface area contributed by atoms with E-state index < -0.39 is 19.9 Å². The highest BCUT2D eigenvalue weighted by Gasteiger charge is 2.32. The second-order valence-electron chi connectivity index (χ2n) is 9.57. The molecule has 0 saturated heterocycles. The molecule has 0 spiro atoms. The van der Waals surface area contributed by atoms with Gasteiger partial charge in [-0.3, -0.25) is 13.8 Å². The van der Waals surface area contributed by atoms with Crippen molar-refractivity contribution in [1.29, 1.82) is 0 Å². The molecule has 7 nitrogen and oxygen atoms in total. The van der Waals surface area contributed by atoms with Crippen LogP contribution in [0.2, 0.25) is 0 Å². The Labute approximate surface area is 196 Å². The molecule has 0 fully saturated rings. The maximum absolute atomic E-state index is 12.3. The highest BCUT2D eigenvalue weighted by Crippen LogP contribution is 2.45. The van der Waals surface area contributed by atoms with E-state index in [1.807, 2.05) is 21.1 Å². The molecule has 2 atom stereocenters. The number of nitrogens with zero attached hydrogens (tertiary/aromatic N) is 1. The van der Waals surface area contributed by atoms with Gasteiger partial charge in [0.05, 0.1) is 34.2 Å². The summed E-state index contributed by atoms with van der Waals surface area (Å²) in [7, 11) is 1.52. The third kappa shape index (κ3) is 21.1. The zero-order valence-electron chi connectivity index (χ0n) is 21.1. The quantitative estimate of drug-likeness (QED) is 0.0674. The van der Waals surface area contributed by atoms with Crippen molar-refractivity contribution < 1.29 is 32.5 Å². The summed E-state index contributed by atoms with van der Waals surface area (Å²) < 4.78 is 28.3. The van der Waals surface area contributed by atoms with Gasteiger partial charge in [-0.15, -0.1) is 0 Å². The van der Waals surface area contributed by atoms with Crippen LogP contribution in [0.25, 0.3) is 0 Å². The SMILES string of the molecule is C=CCOC(=O)CC(C[N+](C)(C)C)OP(=O)(O)OCCCCCCCCCCCCCC. The zero-order valence-corrected chi connectivity index (χ0v) is 22.0. The molecular formula is C24H49NO6P+. The van der Waals surface area contributed by atoms with Gasteiger partial charge in [0.1, 0.15) is 19.3 Å². The average molecular weight is 479 g/mol. The van der Waals surface area contributed by atoms with Gasteiger partial charge in [0.25, 0.3) is 0 Å². The van der Waals surface area contributed by atoms with E-state index in [1.165, 1.54) is 63.9 Å². The summed E-state index contributed by atoms with van der Waals surface area (Å²) in [5.41, 5.74) is 0. The predicted octanol–water partition coefficient (Wildman–Crippen LogP) is 6.02. The number of phosphoric acid groups is 1. The number of carbonyl (C=O) groups excluding carboxylic acids is 1. The third-order valence-corrected chi connectivity index (χ3v) is 6.12. The van der Waals surface area contributed by atoms with Crippen LogP contribution < -0.4 is 0 Å². The number of rotatable bonds is 22. The van der Waals surface area contributed by atoms with Crippen LogP contribution in [-0.2, 0) is 23.1 Å². The molecule has 0 rings (SSSR count). The number of quaternary nitrogens is 1. The number of phosphoric ester groups is 1. The second kappa shape index (κ2) is 18.7. The van der Waals surface area contributed by atoms with Gasteiger partial charge in [0.2, 0.25) is 0 Å². The molecular weight excluding hydrogens is 429 g/mol. The van der Waals surface area contributed by atoms with E-state index in [2.05, 4.69) is 13.5 Å². The normalized spacial score (nSPS) is 14.7. The lowest BCUT2D eigenvalue weighted by Gasteiger charge is -2.29. The Kier molecular flexibility index (Phi) is 18.3. The predicted molar refractivity (Wildman–Crippen MR) is 130 cm³/mol. The lowest BCUT2D eigenvalue weighted by molar-refractivity contribution is -0.873. The minimum Gasteiger partial charge on any atom is -0.461 e. The van der Waals surface area contributed by atoms with Crippen molar-refractivity contribution in [3.05, 3.63) is 12.7 Å². The highest BCUT2D eigenvalue weighted by molar-refractivity contribution is 7.47. The molecule has 0 aliphatic rings. The first-order valence-corrected chi connectivity index (χ1v) is 13.8. The number of carbonyl (C=O) groups is 1. The molecule has 2 unspecified atom stereocenters. The van der Waals surface area contributed by atoms with Crippen LogP contribution in [0.4, 0.5) is 0 Å². The van der Waals surface area contributed by atoms with Crippen LogP contribution in [0.5, 0.6) is 0 Å². The number of hydrogen-bond donors (Lipinski definition) is 1. The number of esters is 1. The van der Waals surface area contributed by atoms with E-state index in [0.29, 0.717) is 17.4 Å². The maximum Gasteiger partial charge on any atom is 0.472 e. The van der Waals surface area contributed by atoms with Crippen LogP contribution in [0, 0.1) is 0 Å². The van der Waals surface area contributed by atoms with Gasteiger partial charge < -0.3 is 14.1 Å². The van der Waals surface area contributed by atoms with Crippen LogP contribution in [0.15, 0.2) is 12.7 Å². The van der Waals surface area contributed by atoms with Crippen molar-refractivity contribution in [1.82, 2.24) is 0 Å². The van der Waals surface area contributed by atoms with Gasteiger partial charge in [-0.05, 0) is 6.42 Å². The number of ether oxygens (including phenoxy) is 1. The molecule has 0 radical (unpaired) electrons. The minimum absolute atomic E-state index is 0.0994. The molecule has 0 aromatic carbocycles. The van der Waals surface area contributed by atoms with Gasteiger partial charge in [0, 0.05) is 0 Å². The molecule has 0 heterocycles. The van der Waals surface area contributed by atoms with E-state index in [-0.39, 0.29) is 19.6 Å². The van der Waals surface area contributed by atoms with Gasteiger partial charge in [0.15, 0.2) is 0 Å². The summed E-state index contributed by atoms with van der Waals surface area (Å²) in [5.74, 6) is -0.496. The van der Waals surface area contributed by atoms with E-state index in [4.69, 9.17) is 13.8 Å². The van der Waals surface area contributed by atoms with Gasteiger partial charge in [-0.2, -0.15) is 0 Å². The fourth-order valence-electron chi connectivity index (χ4n) is 3.48. The average Bonchev–Trinajstić information content (AvgIpc) is 2.68. The number of unbranched alkanes of at least 4 members (excludes halogenated alkanes) is 11. The Hall–Kier alpha value is -0.720.